The molecule has 0 aromatic carbocycles. The van der Waals surface area contributed by atoms with Crippen molar-refractivity contribution in [3.63, 3.8) is 0 Å². The van der Waals surface area contributed by atoms with E-state index in [-0.39, 0.29) is 5.38 Å². The zero-order chi connectivity index (χ0) is 11.7. The van der Waals surface area contributed by atoms with E-state index in [4.69, 9.17) is 11.6 Å². The molecular weight excluding hydrogens is 216 g/mol. The van der Waals surface area contributed by atoms with Gasteiger partial charge in [0.05, 0.1) is 5.38 Å². The summed E-state index contributed by atoms with van der Waals surface area (Å²) >= 11 is 6.32. The van der Waals surface area contributed by atoms with Crippen LogP contribution >= 0.6 is 11.6 Å². The number of allylic oxidation sites excluding steroid dienone is 1. The van der Waals surface area contributed by atoms with E-state index >= 15 is 0 Å². The average molecular weight is 239 g/mol. The van der Waals surface area contributed by atoms with Gasteiger partial charge in [-0.2, -0.15) is 0 Å². The molecular formula is C15H23Cl. The molecule has 90 valence electrons. The van der Waals surface area contributed by atoms with Gasteiger partial charge in [-0.05, 0) is 61.2 Å². The lowest BCUT2D eigenvalue weighted by Crippen LogP contribution is -2.28. The Morgan fingerprint density at radius 3 is 2.31 bits per heavy atom. The minimum Gasteiger partial charge on any atom is -0.118 e. The van der Waals surface area contributed by atoms with Crippen molar-refractivity contribution in [2.75, 3.05) is 0 Å². The third-order valence-electron chi connectivity index (χ3n) is 6.58. The number of halogens is 1. The number of hydrogen-bond donors (Lipinski definition) is 0. The molecule has 0 radical (unpaired) electrons. The summed E-state index contributed by atoms with van der Waals surface area (Å²) in [4.78, 5) is 0. The first-order chi connectivity index (χ1) is 7.41. The van der Waals surface area contributed by atoms with Crippen molar-refractivity contribution in [1.82, 2.24) is 0 Å². The van der Waals surface area contributed by atoms with Crippen LogP contribution in [-0.2, 0) is 0 Å². The average Bonchev–Trinajstić information content (AvgIpc) is 2.58. The van der Waals surface area contributed by atoms with Gasteiger partial charge in [0.2, 0.25) is 0 Å². The topological polar surface area (TPSA) is 0 Å². The third-order valence-corrected chi connectivity index (χ3v) is 7.17. The summed E-state index contributed by atoms with van der Waals surface area (Å²) < 4.78 is 0. The van der Waals surface area contributed by atoms with Crippen molar-refractivity contribution in [3.8, 4) is 0 Å². The van der Waals surface area contributed by atoms with E-state index in [2.05, 4.69) is 27.4 Å². The Morgan fingerprint density at radius 1 is 1.38 bits per heavy atom. The molecule has 4 rings (SSSR count). The molecule has 4 unspecified atom stereocenters. The van der Waals surface area contributed by atoms with Crippen LogP contribution in [0.3, 0.4) is 0 Å². The molecule has 0 heterocycles. The normalized spacial score (nSPS) is 54.1. The second kappa shape index (κ2) is 3.07. The second-order valence-electron chi connectivity index (χ2n) is 6.93. The number of rotatable bonds is 4. The minimum absolute atomic E-state index is 0.190. The monoisotopic (exact) mass is 238 g/mol. The summed E-state index contributed by atoms with van der Waals surface area (Å²) in [6, 6.07) is 0. The van der Waals surface area contributed by atoms with Crippen LogP contribution < -0.4 is 0 Å². The first kappa shape index (κ1) is 11.1. The Morgan fingerprint density at radius 2 is 1.94 bits per heavy atom. The summed E-state index contributed by atoms with van der Waals surface area (Å²) in [5, 5.41) is 0.190. The molecule has 4 saturated carbocycles. The summed E-state index contributed by atoms with van der Waals surface area (Å²) in [5.41, 5.74) is 2.40. The fourth-order valence-corrected chi connectivity index (χ4v) is 5.29. The first-order valence-electron chi connectivity index (χ1n) is 6.70. The van der Waals surface area contributed by atoms with Gasteiger partial charge in [-0.3, -0.25) is 0 Å². The predicted octanol–water partition coefficient (Wildman–Crippen LogP) is 4.63. The molecule has 4 aliphatic rings. The molecule has 4 aliphatic carbocycles. The maximum Gasteiger partial charge on any atom is 0.0540 e. The van der Waals surface area contributed by atoms with Crippen LogP contribution in [0.15, 0.2) is 12.2 Å². The zero-order valence-electron chi connectivity index (χ0n) is 10.7. The van der Waals surface area contributed by atoms with Crippen molar-refractivity contribution in [2.45, 2.75) is 51.8 Å². The summed E-state index contributed by atoms with van der Waals surface area (Å²) in [5.74, 6) is 3.14. The Hall–Kier alpha value is 0.0300. The molecule has 0 saturated heterocycles. The molecule has 0 nitrogen and oxygen atoms in total. The van der Waals surface area contributed by atoms with Gasteiger partial charge in [0.25, 0.3) is 0 Å². The van der Waals surface area contributed by atoms with E-state index in [1.807, 2.05) is 0 Å². The van der Waals surface area contributed by atoms with Crippen molar-refractivity contribution >= 4 is 11.6 Å². The van der Waals surface area contributed by atoms with E-state index < -0.39 is 0 Å². The number of hydrogen-bond acceptors (Lipinski definition) is 0. The van der Waals surface area contributed by atoms with Gasteiger partial charge < -0.3 is 0 Å². The van der Waals surface area contributed by atoms with E-state index in [1.165, 1.54) is 19.3 Å². The third kappa shape index (κ3) is 1.08. The van der Waals surface area contributed by atoms with Crippen LogP contribution in [0, 0.1) is 28.6 Å². The van der Waals surface area contributed by atoms with Gasteiger partial charge in [0.1, 0.15) is 0 Å². The van der Waals surface area contributed by atoms with Gasteiger partial charge in [0, 0.05) is 0 Å². The molecule has 16 heavy (non-hydrogen) atoms. The van der Waals surface area contributed by atoms with Crippen LogP contribution in [0.5, 0.6) is 0 Å². The largest absolute Gasteiger partial charge is 0.118 e. The molecule has 0 N–H and O–H groups in total. The molecule has 4 bridgehead atoms. The highest BCUT2D eigenvalue weighted by Gasteiger charge is 2.80. The van der Waals surface area contributed by atoms with Crippen LogP contribution in [0.1, 0.15) is 46.5 Å². The summed E-state index contributed by atoms with van der Waals surface area (Å²) in [7, 11) is 0. The highest BCUT2D eigenvalue weighted by atomic mass is 35.5. The molecule has 0 amide bonds. The maximum absolute atomic E-state index is 6.32. The molecule has 0 aliphatic heterocycles. The maximum atomic E-state index is 6.32. The first-order valence-corrected chi connectivity index (χ1v) is 7.14. The van der Waals surface area contributed by atoms with Crippen molar-refractivity contribution < 1.29 is 0 Å². The molecule has 1 heteroatoms. The molecule has 4 atom stereocenters. The Bertz CT molecular complexity index is 333. The summed E-state index contributed by atoms with van der Waals surface area (Å²) in [6.07, 6.45) is 5.45. The lowest BCUT2D eigenvalue weighted by Gasteiger charge is -2.35. The molecule has 0 aromatic rings. The van der Waals surface area contributed by atoms with Gasteiger partial charge in [-0.15, -0.1) is 11.6 Å². The van der Waals surface area contributed by atoms with E-state index in [1.54, 1.807) is 0 Å². The number of alkyl halides is 1. The second-order valence-corrected chi connectivity index (χ2v) is 7.46. The standard InChI is InChI=1S/C15H23Cl/c1-9(2)13(16)5-6-14(3)10-7-11-12(8-10)15(11,14)4/h10-13H,1,5-8H2,2-4H3. The van der Waals surface area contributed by atoms with Crippen LogP contribution in [0.2, 0.25) is 0 Å². The van der Waals surface area contributed by atoms with Crippen LogP contribution in [0.25, 0.3) is 0 Å². The van der Waals surface area contributed by atoms with Crippen molar-refractivity contribution in [2.24, 2.45) is 28.6 Å². The SMILES string of the molecule is C=C(C)C(Cl)CCC1(C)C2CC3C(C2)C31C. The quantitative estimate of drug-likeness (QED) is 0.495. The molecule has 0 aromatic heterocycles. The van der Waals surface area contributed by atoms with E-state index in [9.17, 15) is 0 Å². The predicted molar refractivity (Wildman–Crippen MR) is 69.6 cm³/mol. The fourth-order valence-electron chi connectivity index (χ4n) is 5.18. The van der Waals surface area contributed by atoms with Gasteiger partial charge in [0.15, 0.2) is 0 Å². The highest BCUT2D eigenvalue weighted by molar-refractivity contribution is 6.22. The Labute approximate surface area is 104 Å². The summed E-state index contributed by atoms with van der Waals surface area (Å²) in [6.45, 7) is 11.1. The zero-order valence-corrected chi connectivity index (χ0v) is 11.5. The van der Waals surface area contributed by atoms with Crippen LogP contribution in [-0.4, -0.2) is 5.38 Å². The van der Waals surface area contributed by atoms with Crippen LogP contribution in [0.4, 0.5) is 0 Å². The minimum atomic E-state index is 0.190. The lowest BCUT2D eigenvalue weighted by atomic mass is 9.70. The van der Waals surface area contributed by atoms with E-state index in [0.29, 0.717) is 10.8 Å². The van der Waals surface area contributed by atoms with Gasteiger partial charge in [-0.1, -0.05) is 26.0 Å². The molecule has 4 fully saturated rings. The van der Waals surface area contributed by atoms with Gasteiger partial charge >= 0.3 is 0 Å². The van der Waals surface area contributed by atoms with Crippen molar-refractivity contribution in [1.29, 1.82) is 0 Å². The van der Waals surface area contributed by atoms with Crippen molar-refractivity contribution in [3.05, 3.63) is 12.2 Å². The van der Waals surface area contributed by atoms with Gasteiger partial charge in [-0.25, -0.2) is 0 Å². The highest BCUT2D eigenvalue weighted by Crippen LogP contribution is 2.87. The Kier molecular flexibility index (Phi) is 2.14. The fraction of sp³-hybridized carbons (Fsp3) is 0.867. The van der Waals surface area contributed by atoms with E-state index in [0.717, 1.165) is 29.7 Å². The molecule has 0 spiro atoms. The lowest BCUT2D eigenvalue weighted by molar-refractivity contribution is 0.150. The Balaban J connectivity index is 1.70. The smallest absolute Gasteiger partial charge is 0.0540 e.